The fraction of sp³-hybridized carbons (Fsp3) is 0.455. The van der Waals surface area contributed by atoms with Gasteiger partial charge in [0.15, 0.2) is 5.60 Å². The molecular weight excluding hydrogens is 219 g/mol. The molecule has 1 rings (SSSR count). The van der Waals surface area contributed by atoms with Gasteiger partial charge in [-0.15, -0.1) is 0 Å². The fourth-order valence-corrected chi connectivity index (χ4v) is 1.54. The Kier molecular flexibility index (Phi) is 2.94. The van der Waals surface area contributed by atoms with Crippen molar-refractivity contribution in [2.75, 3.05) is 5.73 Å². The van der Waals surface area contributed by atoms with Gasteiger partial charge in [0.2, 0.25) is 0 Å². The SMILES string of the molecule is Cc1ccc(C(C)(O)C(F)(F)F)c(C)c1N. The van der Waals surface area contributed by atoms with Crippen LogP contribution in [0.15, 0.2) is 12.1 Å². The molecule has 2 nitrogen and oxygen atoms in total. The molecule has 5 heteroatoms. The van der Waals surface area contributed by atoms with Crippen LogP contribution >= 0.6 is 0 Å². The van der Waals surface area contributed by atoms with E-state index in [2.05, 4.69) is 0 Å². The summed E-state index contributed by atoms with van der Waals surface area (Å²) in [6, 6.07) is 2.73. The number of nitrogen functional groups attached to an aromatic ring is 1. The number of rotatable bonds is 1. The quantitative estimate of drug-likeness (QED) is 0.732. The monoisotopic (exact) mass is 233 g/mol. The Hall–Kier alpha value is -1.23. The zero-order chi connectivity index (χ0) is 12.7. The highest BCUT2D eigenvalue weighted by atomic mass is 19.4. The third kappa shape index (κ3) is 1.87. The van der Waals surface area contributed by atoms with E-state index in [4.69, 9.17) is 5.73 Å². The van der Waals surface area contributed by atoms with Crippen molar-refractivity contribution in [3.8, 4) is 0 Å². The summed E-state index contributed by atoms with van der Waals surface area (Å²) in [5, 5.41) is 9.54. The lowest BCUT2D eigenvalue weighted by Gasteiger charge is -2.29. The van der Waals surface area contributed by atoms with Gasteiger partial charge in [-0.3, -0.25) is 0 Å². The Labute approximate surface area is 91.9 Å². The molecule has 0 aliphatic heterocycles. The molecule has 1 atom stereocenters. The van der Waals surface area contributed by atoms with Gasteiger partial charge in [-0.05, 0) is 37.5 Å². The van der Waals surface area contributed by atoms with Crippen LogP contribution in [0.3, 0.4) is 0 Å². The Morgan fingerprint density at radius 1 is 1.19 bits per heavy atom. The summed E-state index contributed by atoms with van der Waals surface area (Å²) in [5.41, 5.74) is 3.80. The second-order valence-electron chi connectivity index (χ2n) is 4.04. The highest BCUT2D eigenvalue weighted by Gasteiger charge is 2.51. The average molecular weight is 233 g/mol. The van der Waals surface area contributed by atoms with Crippen LogP contribution in [0.5, 0.6) is 0 Å². The number of halogens is 3. The molecule has 0 fully saturated rings. The molecule has 1 aromatic carbocycles. The lowest BCUT2D eigenvalue weighted by Crippen LogP contribution is -2.40. The van der Waals surface area contributed by atoms with E-state index in [1.54, 1.807) is 6.92 Å². The molecule has 0 saturated carbocycles. The summed E-state index contributed by atoms with van der Waals surface area (Å²) in [5.74, 6) is 0. The van der Waals surface area contributed by atoms with Crippen molar-refractivity contribution in [3.63, 3.8) is 0 Å². The van der Waals surface area contributed by atoms with Crippen LogP contribution in [0, 0.1) is 13.8 Å². The summed E-state index contributed by atoms with van der Waals surface area (Å²) in [6.45, 7) is 3.90. The predicted octanol–water partition coefficient (Wildman–Crippen LogP) is 2.66. The second kappa shape index (κ2) is 3.66. The maximum absolute atomic E-state index is 12.6. The average Bonchev–Trinajstić information content (AvgIpc) is 2.12. The maximum Gasteiger partial charge on any atom is 0.421 e. The summed E-state index contributed by atoms with van der Waals surface area (Å²) in [7, 11) is 0. The molecule has 0 heterocycles. The predicted molar refractivity (Wildman–Crippen MR) is 56.0 cm³/mol. The van der Waals surface area contributed by atoms with Crippen molar-refractivity contribution in [2.45, 2.75) is 32.5 Å². The molecule has 3 N–H and O–H groups in total. The molecule has 0 spiro atoms. The minimum atomic E-state index is -4.72. The molecule has 1 aromatic rings. The molecule has 0 aromatic heterocycles. The Morgan fingerprint density at radius 2 is 1.69 bits per heavy atom. The molecule has 0 aliphatic rings. The van der Waals surface area contributed by atoms with Crippen LogP contribution in [0.2, 0.25) is 0 Å². The lowest BCUT2D eigenvalue weighted by atomic mass is 9.89. The van der Waals surface area contributed by atoms with Gasteiger partial charge in [0.1, 0.15) is 0 Å². The van der Waals surface area contributed by atoms with Crippen molar-refractivity contribution in [3.05, 3.63) is 28.8 Å². The minimum absolute atomic E-state index is 0.205. The summed E-state index contributed by atoms with van der Waals surface area (Å²) < 4.78 is 37.9. The molecule has 90 valence electrons. The first-order chi connectivity index (χ1) is 7.09. The topological polar surface area (TPSA) is 46.2 Å². The van der Waals surface area contributed by atoms with Gasteiger partial charge in [-0.1, -0.05) is 12.1 Å². The number of hydrogen-bond donors (Lipinski definition) is 2. The third-order valence-corrected chi connectivity index (χ3v) is 2.81. The van der Waals surface area contributed by atoms with E-state index >= 15 is 0 Å². The number of nitrogens with two attached hydrogens (primary N) is 1. The van der Waals surface area contributed by atoms with Crippen molar-refractivity contribution >= 4 is 5.69 Å². The number of hydrogen-bond acceptors (Lipinski definition) is 2. The van der Waals surface area contributed by atoms with E-state index in [1.165, 1.54) is 19.1 Å². The van der Waals surface area contributed by atoms with Gasteiger partial charge in [0.25, 0.3) is 0 Å². The van der Waals surface area contributed by atoms with E-state index in [0.29, 0.717) is 5.56 Å². The minimum Gasteiger partial charge on any atom is -0.398 e. The first-order valence-electron chi connectivity index (χ1n) is 4.74. The molecular formula is C11H14F3NO. The van der Waals surface area contributed by atoms with Gasteiger partial charge in [0, 0.05) is 5.69 Å². The zero-order valence-corrected chi connectivity index (χ0v) is 9.31. The number of aryl methyl sites for hydroxylation is 1. The summed E-state index contributed by atoms with van der Waals surface area (Å²) in [4.78, 5) is 0. The van der Waals surface area contributed by atoms with Gasteiger partial charge in [0.05, 0.1) is 0 Å². The molecule has 0 radical (unpaired) electrons. The van der Waals surface area contributed by atoms with Crippen LogP contribution in [0.1, 0.15) is 23.6 Å². The lowest BCUT2D eigenvalue weighted by molar-refractivity contribution is -0.259. The number of benzene rings is 1. The first kappa shape index (κ1) is 12.8. The van der Waals surface area contributed by atoms with E-state index in [9.17, 15) is 18.3 Å². The van der Waals surface area contributed by atoms with Gasteiger partial charge < -0.3 is 10.8 Å². The van der Waals surface area contributed by atoms with Crippen LogP contribution in [0.4, 0.5) is 18.9 Å². The van der Waals surface area contributed by atoms with Crippen LogP contribution in [-0.2, 0) is 5.60 Å². The van der Waals surface area contributed by atoms with Crippen LogP contribution in [0.25, 0.3) is 0 Å². The number of anilines is 1. The third-order valence-electron chi connectivity index (χ3n) is 2.81. The van der Waals surface area contributed by atoms with E-state index in [1.807, 2.05) is 0 Å². The maximum atomic E-state index is 12.6. The highest BCUT2D eigenvalue weighted by Crippen LogP contribution is 2.41. The standard InChI is InChI=1S/C11H14F3NO/c1-6-4-5-8(7(2)9(6)15)10(3,16)11(12,13)14/h4-5,16H,15H2,1-3H3. The van der Waals surface area contributed by atoms with Gasteiger partial charge >= 0.3 is 6.18 Å². The van der Waals surface area contributed by atoms with E-state index in [0.717, 1.165) is 6.92 Å². The largest absolute Gasteiger partial charge is 0.421 e. The van der Waals surface area contributed by atoms with Crippen LogP contribution in [-0.4, -0.2) is 11.3 Å². The smallest absolute Gasteiger partial charge is 0.398 e. The molecule has 0 bridgehead atoms. The molecule has 0 aliphatic carbocycles. The zero-order valence-electron chi connectivity index (χ0n) is 9.31. The van der Waals surface area contributed by atoms with E-state index < -0.39 is 11.8 Å². The number of alkyl halides is 3. The fourth-order valence-electron chi connectivity index (χ4n) is 1.54. The summed E-state index contributed by atoms with van der Waals surface area (Å²) >= 11 is 0. The summed E-state index contributed by atoms with van der Waals surface area (Å²) in [6.07, 6.45) is -4.72. The second-order valence-corrected chi connectivity index (χ2v) is 4.04. The van der Waals surface area contributed by atoms with Gasteiger partial charge in [-0.2, -0.15) is 13.2 Å². The molecule has 0 amide bonds. The molecule has 16 heavy (non-hydrogen) atoms. The molecule has 1 unspecified atom stereocenters. The van der Waals surface area contributed by atoms with E-state index in [-0.39, 0.29) is 16.8 Å². The normalized spacial score (nSPS) is 15.9. The van der Waals surface area contributed by atoms with Crippen LogP contribution < -0.4 is 5.73 Å². The number of aliphatic hydroxyl groups is 1. The Morgan fingerprint density at radius 3 is 2.12 bits per heavy atom. The first-order valence-corrected chi connectivity index (χ1v) is 4.74. The van der Waals surface area contributed by atoms with Gasteiger partial charge in [-0.25, -0.2) is 0 Å². The Balaban J connectivity index is 3.41. The van der Waals surface area contributed by atoms with Crippen molar-refractivity contribution < 1.29 is 18.3 Å². The van der Waals surface area contributed by atoms with Crippen molar-refractivity contribution in [2.24, 2.45) is 0 Å². The highest BCUT2D eigenvalue weighted by molar-refractivity contribution is 5.57. The van der Waals surface area contributed by atoms with Crippen molar-refractivity contribution in [1.29, 1.82) is 0 Å². The molecule has 0 saturated heterocycles. The Bertz CT molecular complexity index is 410. The van der Waals surface area contributed by atoms with Crippen molar-refractivity contribution in [1.82, 2.24) is 0 Å².